The molecule has 10 heteroatoms. The number of quaternary nitrogens is 1. The predicted octanol–water partition coefficient (Wildman–Crippen LogP) is 19.6. The molecule has 0 rings (SSSR count). The van der Waals surface area contributed by atoms with E-state index in [4.69, 9.17) is 13.8 Å². The third kappa shape index (κ3) is 59.0. The monoisotopic (exact) mass is 1130 g/mol. The molecule has 1 N–H and O–H groups in total. The van der Waals surface area contributed by atoms with Crippen LogP contribution in [0, 0.1) is 0 Å². The van der Waals surface area contributed by atoms with Crippen LogP contribution in [0.3, 0.4) is 0 Å². The Balaban J connectivity index is 5.26. The summed E-state index contributed by atoms with van der Waals surface area (Å²) in [6.45, 7) is 6.66. The number of hydrogen-bond donors (Lipinski definition) is 1. The highest BCUT2D eigenvalue weighted by Crippen LogP contribution is 2.38. The van der Waals surface area contributed by atoms with Crippen LogP contribution < -0.4 is 10.2 Å². The quantitative estimate of drug-likeness (QED) is 0.0212. The maximum atomic E-state index is 13.5. The van der Waals surface area contributed by atoms with Crippen LogP contribution in [0.1, 0.15) is 258 Å². The summed E-state index contributed by atoms with van der Waals surface area (Å²) in [5, 5.41) is 3.01. The van der Waals surface area contributed by atoms with Gasteiger partial charge in [0.05, 0.1) is 33.8 Å². The van der Waals surface area contributed by atoms with Gasteiger partial charge in [-0.15, -0.1) is 0 Å². The SMILES string of the molecule is CC/C=C\C/C=C\C/C=C\C/C=C\C/C=C\C/C=C\CCCCCCCCC(=O)OC(/C=C\CCCCCCCCCCCC)C(COP(=O)([O-])OCC[N+](C)(C)C)NC(=O)CCCCCC/C=C\C/C=C\C/C=C\CCCCC. The Morgan fingerprint density at radius 2 is 0.800 bits per heavy atom. The molecule has 1 amide bonds. The van der Waals surface area contributed by atoms with E-state index in [1.165, 1.54) is 77.0 Å². The Bertz CT molecular complexity index is 1780. The molecule has 0 spiro atoms. The van der Waals surface area contributed by atoms with Crippen molar-refractivity contribution in [3.63, 3.8) is 0 Å². The summed E-state index contributed by atoms with van der Waals surface area (Å²) >= 11 is 0. The lowest BCUT2D eigenvalue weighted by Crippen LogP contribution is -2.47. The molecule has 0 heterocycles. The van der Waals surface area contributed by atoms with Gasteiger partial charge < -0.3 is 28.5 Å². The zero-order chi connectivity index (χ0) is 58.6. The van der Waals surface area contributed by atoms with Crippen LogP contribution in [0.5, 0.6) is 0 Å². The van der Waals surface area contributed by atoms with Crippen LogP contribution in [0.4, 0.5) is 0 Å². The fourth-order valence-corrected chi connectivity index (χ4v) is 9.37. The maximum Gasteiger partial charge on any atom is 0.306 e. The number of likely N-dealkylation sites (N-methyl/N-ethyl adjacent to an activating group) is 1. The first-order valence-corrected chi connectivity index (χ1v) is 33.8. The molecule has 0 saturated carbocycles. The molecule has 0 aromatic rings. The van der Waals surface area contributed by atoms with Gasteiger partial charge in [0.15, 0.2) is 0 Å². The second-order valence-corrected chi connectivity index (χ2v) is 23.9. The van der Waals surface area contributed by atoms with Crippen molar-refractivity contribution < 1.29 is 37.3 Å². The third-order valence-electron chi connectivity index (χ3n) is 13.6. The van der Waals surface area contributed by atoms with E-state index in [-0.39, 0.29) is 31.3 Å². The highest BCUT2D eigenvalue weighted by molar-refractivity contribution is 7.45. The lowest BCUT2D eigenvalue weighted by atomic mass is 10.0. The Morgan fingerprint density at radius 1 is 0.450 bits per heavy atom. The van der Waals surface area contributed by atoms with Crippen molar-refractivity contribution in [1.82, 2.24) is 5.32 Å². The van der Waals surface area contributed by atoms with E-state index in [0.29, 0.717) is 23.9 Å². The third-order valence-corrected chi connectivity index (χ3v) is 14.6. The van der Waals surface area contributed by atoms with Crippen molar-refractivity contribution >= 4 is 19.7 Å². The molecule has 458 valence electrons. The molecule has 0 radical (unpaired) electrons. The fourth-order valence-electron chi connectivity index (χ4n) is 8.65. The van der Waals surface area contributed by atoms with E-state index in [9.17, 15) is 19.0 Å². The number of hydrogen-bond acceptors (Lipinski definition) is 7. The molecule has 0 aromatic heterocycles. The molecule has 0 fully saturated rings. The second-order valence-electron chi connectivity index (χ2n) is 22.5. The van der Waals surface area contributed by atoms with Gasteiger partial charge in [-0.3, -0.25) is 14.2 Å². The van der Waals surface area contributed by atoms with Crippen molar-refractivity contribution in [3.05, 3.63) is 122 Å². The molecule has 9 nitrogen and oxygen atoms in total. The molecule has 0 aliphatic carbocycles. The highest BCUT2D eigenvalue weighted by atomic mass is 31.2. The number of amides is 1. The summed E-state index contributed by atoms with van der Waals surface area (Å²) in [5.41, 5.74) is 0. The van der Waals surface area contributed by atoms with Crippen LogP contribution in [-0.4, -0.2) is 69.4 Å². The Kier molecular flexibility index (Phi) is 56.0. The van der Waals surface area contributed by atoms with E-state index in [1.807, 2.05) is 33.3 Å². The van der Waals surface area contributed by atoms with Crippen molar-refractivity contribution in [2.24, 2.45) is 0 Å². The summed E-state index contributed by atoms with van der Waals surface area (Å²) < 4.78 is 30.3. The average molecular weight is 1130 g/mol. The van der Waals surface area contributed by atoms with Gasteiger partial charge in [-0.1, -0.05) is 245 Å². The number of allylic oxidation sites excluding steroid dienone is 19. The zero-order valence-electron chi connectivity index (χ0n) is 52.2. The second kappa shape index (κ2) is 58.6. The molecule has 0 aromatic carbocycles. The number of esters is 1. The van der Waals surface area contributed by atoms with Crippen molar-refractivity contribution in [3.8, 4) is 0 Å². The number of carbonyl (C=O) groups excluding carboxylic acids is 2. The number of nitrogens with one attached hydrogen (secondary N) is 1. The van der Waals surface area contributed by atoms with E-state index >= 15 is 0 Å². The van der Waals surface area contributed by atoms with E-state index in [1.54, 1.807) is 0 Å². The minimum Gasteiger partial charge on any atom is -0.756 e. The number of ether oxygens (including phenoxy) is 1. The number of phosphoric acid groups is 1. The normalized spacial score (nSPS) is 14.4. The lowest BCUT2D eigenvalue weighted by molar-refractivity contribution is -0.870. The highest BCUT2D eigenvalue weighted by Gasteiger charge is 2.27. The summed E-state index contributed by atoms with van der Waals surface area (Å²) in [5.74, 6) is -0.590. The first-order chi connectivity index (χ1) is 38.9. The summed E-state index contributed by atoms with van der Waals surface area (Å²) in [4.78, 5) is 40.0. The smallest absolute Gasteiger partial charge is 0.306 e. The largest absolute Gasteiger partial charge is 0.756 e. The van der Waals surface area contributed by atoms with Gasteiger partial charge in [0.25, 0.3) is 7.82 Å². The summed E-state index contributed by atoms with van der Waals surface area (Å²) in [6.07, 6.45) is 81.6. The first-order valence-electron chi connectivity index (χ1n) is 32.3. The Labute approximate surface area is 493 Å². The number of carbonyl (C=O) groups is 2. The number of unbranched alkanes of at least 4 members (excludes halogenated alkanes) is 23. The Hall–Kier alpha value is -3.59. The van der Waals surface area contributed by atoms with E-state index < -0.39 is 26.6 Å². The molecule has 3 atom stereocenters. The van der Waals surface area contributed by atoms with Crippen molar-refractivity contribution in [1.29, 1.82) is 0 Å². The molecule has 0 aliphatic rings. The standard InChI is InChI=1S/C70H121N2O7P/c1-7-10-13-16-19-22-25-28-30-32-33-34-35-36-37-38-39-41-43-45-48-51-54-57-60-63-70(74)79-68(61-58-55-52-49-46-27-24-21-18-15-12-9-3)67(66-78-80(75,76)77-65-64-72(4,5)6)71-69(73)62-59-56-53-50-47-44-42-40-31-29-26-23-20-17-14-11-8-2/h10,13,19-20,22-23,28-31,33-34,36-37,39,41-42,44,58,61,67-68H,7-9,11-12,14-18,21,24-27,32,35,38,40,43,45-57,59-60,62-66H2,1-6H3,(H-,71,73,75,76)/b13-10-,22-19-,23-20-,30-28-,31-29-,34-33-,37-36-,41-39-,44-42-,61-58-. The van der Waals surface area contributed by atoms with Crippen LogP contribution >= 0.6 is 7.82 Å². The molecule has 0 saturated heterocycles. The van der Waals surface area contributed by atoms with Gasteiger partial charge >= 0.3 is 5.97 Å². The van der Waals surface area contributed by atoms with Crippen LogP contribution in [0.2, 0.25) is 0 Å². The topological polar surface area (TPSA) is 114 Å². The number of nitrogens with zero attached hydrogens (tertiary/aromatic N) is 1. The molecule has 3 unspecified atom stereocenters. The fraction of sp³-hybridized carbons (Fsp3) is 0.686. The minimum atomic E-state index is -4.72. The maximum absolute atomic E-state index is 13.5. The minimum absolute atomic E-state index is 0.0358. The van der Waals surface area contributed by atoms with Gasteiger partial charge in [0, 0.05) is 12.8 Å². The van der Waals surface area contributed by atoms with Crippen molar-refractivity contribution in [2.75, 3.05) is 40.9 Å². The lowest BCUT2D eigenvalue weighted by Gasteiger charge is -2.30. The number of rotatable bonds is 57. The first kappa shape index (κ1) is 76.4. The van der Waals surface area contributed by atoms with Gasteiger partial charge in [0.2, 0.25) is 5.91 Å². The van der Waals surface area contributed by atoms with Crippen LogP contribution in [-0.2, 0) is 27.9 Å². The molecular weight excluding hydrogens is 1010 g/mol. The summed E-state index contributed by atoms with van der Waals surface area (Å²) in [6, 6.07) is -0.915. The summed E-state index contributed by atoms with van der Waals surface area (Å²) in [7, 11) is 1.14. The number of phosphoric ester groups is 1. The molecular formula is C70H121N2O7P. The molecule has 0 aliphatic heterocycles. The van der Waals surface area contributed by atoms with Crippen molar-refractivity contribution in [2.45, 2.75) is 270 Å². The van der Waals surface area contributed by atoms with Crippen LogP contribution in [0.15, 0.2) is 122 Å². The van der Waals surface area contributed by atoms with E-state index in [0.717, 1.165) is 135 Å². The van der Waals surface area contributed by atoms with E-state index in [2.05, 4.69) is 135 Å². The Morgan fingerprint density at radius 3 is 1.23 bits per heavy atom. The van der Waals surface area contributed by atoms with Gasteiger partial charge in [0.1, 0.15) is 19.3 Å². The molecule has 0 bridgehead atoms. The van der Waals surface area contributed by atoms with Gasteiger partial charge in [-0.25, -0.2) is 0 Å². The zero-order valence-corrected chi connectivity index (χ0v) is 53.1. The molecule has 80 heavy (non-hydrogen) atoms. The van der Waals surface area contributed by atoms with Crippen LogP contribution in [0.25, 0.3) is 0 Å². The predicted molar refractivity (Wildman–Crippen MR) is 343 cm³/mol. The van der Waals surface area contributed by atoms with Gasteiger partial charge in [-0.2, -0.15) is 0 Å². The average Bonchev–Trinajstić information content (AvgIpc) is 3.42. The van der Waals surface area contributed by atoms with Gasteiger partial charge in [-0.05, 0) is 122 Å².